The number of likely N-dealkylation sites (tertiary alicyclic amines) is 1. The Kier molecular flexibility index (Phi) is 4.10. The van der Waals surface area contributed by atoms with E-state index >= 15 is 0 Å². The lowest BCUT2D eigenvalue weighted by Gasteiger charge is -2.32. The molecule has 0 unspecified atom stereocenters. The molecular formula is C16H17BrN2O2. The Labute approximate surface area is 132 Å². The summed E-state index contributed by atoms with van der Waals surface area (Å²) < 4.78 is 6.33. The molecule has 110 valence electrons. The summed E-state index contributed by atoms with van der Waals surface area (Å²) in [7, 11) is 0. The molecule has 0 aliphatic carbocycles. The van der Waals surface area contributed by atoms with Crippen LogP contribution in [0.2, 0.25) is 0 Å². The first-order valence-electron chi connectivity index (χ1n) is 7.19. The van der Waals surface area contributed by atoms with Crippen LogP contribution in [0.5, 0.6) is 0 Å². The molecule has 1 aromatic heterocycles. The molecule has 1 fully saturated rings. The minimum atomic E-state index is -0.0330. The van der Waals surface area contributed by atoms with Gasteiger partial charge in [-0.1, -0.05) is 33.2 Å². The maximum atomic E-state index is 12.5. The zero-order valence-corrected chi connectivity index (χ0v) is 13.5. The number of aromatic nitrogens is 1. The number of rotatable bonds is 2. The fraction of sp³-hybridized carbons (Fsp3) is 0.375. The van der Waals surface area contributed by atoms with Gasteiger partial charge in [0, 0.05) is 28.7 Å². The van der Waals surface area contributed by atoms with E-state index in [-0.39, 0.29) is 11.9 Å². The van der Waals surface area contributed by atoms with Gasteiger partial charge in [0.25, 0.3) is 5.91 Å². The number of benzene rings is 1. The minimum Gasteiger partial charge on any atom is -0.355 e. The maximum absolute atomic E-state index is 12.5. The number of amides is 1. The van der Waals surface area contributed by atoms with E-state index in [4.69, 9.17) is 4.52 Å². The van der Waals surface area contributed by atoms with Gasteiger partial charge in [0.2, 0.25) is 0 Å². The third-order valence-electron chi connectivity index (χ3n) is 3.92. The van der Waals surface area contributed by atoms with Crippen LogP contribution in [0.25, 0.3) is 11.3 Å². The lowest BCUT2D eigenvalue weighted by atomic mass is 10.0. The molecule has 0 saturated carbocycles. The van der Waals surface area contributed by atoms with Crippen molar-refractivity contribution in [3.63, 3.8) is 0 Å². The number of nitrogens with zero attached hydrogens (tertiary/aromatic N) is 2. The standard InChI is InChI=1S/C16H17BrN2O2/c1-11-4-2-3-9-19(11)16(20)14-10-15(21-18-14)12-5-7-13(17)8-6-12/h5-8,10-11H,2-4,9H2,1H3/t11-/m0/s1. The van der Waals surface area contributed by atoms with Crippen LogP contribution in [0.3, 0.4) is 0 Å². The predicted molar refractivity (Wildman–Crippen MR) is 84.0 cm³/mol. The van der Waals surface area contributed by atoms with Crippen LogP contribution in [0.15, 0.2) is 39.3 Å². The number of carbonyl (C=O) groups is 1. The molecule has 5 heteroatoms. The Bertz CT molecular complexity index is 636. The predicted octanol–water partition coefficient (Wildman–Crippen LogP) is 4.12. The highest BCUT2D eigenvalue weighted by Crippen LogP contribution is 2.24. The first kappa shape index (κ1) is 14.3. The second-order valence-corrected chi connectivity index (χ2v) is 6.34. The highest BCUT2D eigenvalue weighted by molar-refractivity contribution is 9.10. The zero-order valence-electron chi connectivity index (χ0n) is 11.9. The minimum absolute atomic E-state index is 0.0330. The molecule has 0 spiro atoms. The van der Waals surface area contributed by atoms with Crippen LogP contribution in [0, 0.1) is 0 Å². The maximum Gasteiger partial charge on any atom is 0.276 e. The smallest absolute Gasteiger partial charge is 0.276 e. The number of hydrogen-bond acceptors (Lipinski definition) is 3. The van der Waals surface area contributed by atoms with E-state index in [0.717, 1.165) is 29.4 Å². The normalized spacial score (nSPS) is 18.8. The molecule has 2 aromatic rings. The zero-order chi connectivity index (χ0) is 14.8. The molecule has 0 radical (unpaired) electrons. The largest absolute Gasteiger partial charge is 0.355 e. The van der Waals surface area contributed by atoms with E-state index in [2.05, 4.69) is 28.0 Å². The van der Waals surface area contributed by atoms with Crippen LogP contribution in [0.4, 0.5) is 0 Å². The van der Waals surface area contributed by atoms with Gasteiger partial charge in [0.15, 0.2) is 11.5 Å². The van der Waals surface area contributed by atoms with Crippen LogP contribution in [-0.2, 0) is 0 Å². The van der Waals surface area contributed by atoms with Crippen molar-refractivity contribution >= 4 is 21.8 Å². The van der Waals surface area contributed by atoms with Crippen molar-refractivity contribution in [2.75, 3.05) is 6.54 Å². The van der Waals surface area contributed by atoms with E-state index in [1.54, 1.807) is 6.07 Å². The van der Waals surface area contributed by atoms with Gasteiger partial charge >= 0.3 is 0 Å². The first-order chi connectivity index (χ1) is 10.1. The SMILES string of the molecule is C[C@H]1CCCCN1C(=O)c1cc(-c2ccc(Br)cc2)on1. The highest BCUT2D eigenvalue weighted by Gasteiger charge is 2.26. The molecule has 2 heterocycles. The Morgan fingerprint density at radius 1 is 1.33 bits per heavy atom. The lowest BCUT2D eigenvalue weighted by molar-refractivity contribution is 0.0625. The fourth-order valence-electron chi connectivity index (χ4n) is 2.67. The summed E-state index contributed by atoms with van der Waals surface area (Å²) >= 11 is 3.40. The number of halogens is 1. The summed E-state index contributed by atoms with van der Waals surface area (Å²) in [6, 6.07) is 9.74. The molecule has 1 aliphatic heterocycles. The molecule has 4 nitrogen and oxygen atoms in total. The molecule has 1 saturated heterocycles. The average molecular weight is 349 g/mol. The van der Waals surface area contributed by atoms with Crippen molar-refractivity contribution in [2.45, 2.75) is 32.2 Å². The van der Waals surface area contributed by atoms with Crippen LogP contribution in [0.1, 0.15) is 36.7 Å². The number of piperidine rings is 1. The van der Waals surface area contributed by atoms with Gasteiger partial charge < -0.3 is 9.42 Å². The molecule has 1 amide bonds. The first-order valence-corrected chi connectivity index (χ1v) is 7.98. The average Bonchev–Trinajstić information content (AvgIpc) is 2.98. The molecule has 1 atom stereocenters. The molecule has 0 N–H and O–H groups in total. The third-order valence-corrected chi connectivity index (χ3v) is 4.45. The third kappa shape index (κ3) is 3.02. The molecular weight excluding hydrogens is 332 g/mol. The van der Waals surface area contributed by atoms with Gasteiger partial charge in [-0.15, -0.1) is 0 Å². The molecule has 21 heavy (non-hydrogen) atoms. The Hall–Kier alpha value is -1.62. The topological polar surface area (TPSA) is 46.3 Å². The van der Waals surface area contributed by atoms with E-state index in [1.165, 1.54) is 6.42 Å². The second kappa shape index (κ2) is 6.02. The van der Waals surface area contributed by atoms with E-state index in [1.807, 2.05) is 29.2 Å². The van der Waals surface area contributed by atoms with Crippen molar-refractivity contribution in [3.05, 3.63) is 40.5 Å². The van der Waals surface area contributed by atoms with Crippen molar-refractivity contribution in [1.29, 1.82) is 0 Å². The summed E-state index contributed by atoms with van der Waals surface area (Å²) in [6.07, 6.45) is 3.31. The van der Waals surface area contributed by atoms with Crippen molar-refractivity contribution < 1.29 is 9.32 Å². The van der Waals surface area contributed by atoms with Crippen LogP contribution >= 0.6 is 15.9 Å². The second-order valence-electron chi connectivity index (χ2n) is 5.43. The summed E-state index contributed by atoms with van der Waals surface area (Å²) in [5.41, 5.74) is 1.30. The van der Waals surface area contributed by atoms with Crippen molar-refractivity contribution in [3.8, 4) is 11.3 Å². The van der Waals surface area contributed by atoms with Crippen LogP contribution < -0.4 is 0 Å². The van der Waals surface area contributed by atoms with Gasteiger partial charge in [0.05, 0.1) is 0 Å². The number of carbonyl (C=O) groups excluding carboxylic acids is 1. The molecule has 1 aliphatic rings. The summed E-state index contributed by atoms with van der Waals surface area (Å²) in [6.45, 7) is 2.90. The van der Waals surface area contributed by atoms with Crippen LogP contribution in [-0.4, -0.2) is 28.6 Å². The monoisotopic (exact) mass is 348 g/mol. The van der Waals surface area contributed by atoms with Gasteiger partial charge in [-0.3, -0.25) is 4.79 Å². The van der Waals surface area contributed by atoms with Gasteiger partial charge in [0.1, 0.15) is 0 Å². The van der Waals surface area contributed by atoms with E-state index in [9.17, 15) is 4.79 Å². The van der Waals surface area contributed by atoms with E-state index in [0.29, 0.717) is 11.5 Å². The summed E-state index contributed by atoms with van der Waals surface area (Å²) in [5, 5.41) is 3.95. The lowest BCUT2D eigenvalue weighted by Crippen LogP contribution is -2.42. The Morgan fingerprint density at radius 3 is 2.81 bits per heavy atom. The molecule has 0 bridgehead atoms. The van der Waals surface area contributed by atoms with E-state index < -0.39 is 0 Å². The highest BCUT2D eigenvalue weighted by atomic mass is 79.9. The summed E-state index contributed by atoms with van der Waals surface area (Å²) in [4.78, 5) is 14.4. The molecule has 3 rings (SSSR count). The molecule has 1 aromatic carbocycles. The fourth-order valence-corrected chi connectivity index (χ4v) is 2.94. The Balaban J connectivity index is 1.81. The Morgan fingerprint density at radius 2 is 2.10 bits per heavy atom. The number of hydrogen-bond donors (Lipinski definition) is 0. The van der Waals surface area contributed by atoms with Crippen molar-refractivity contribution in [1.82, 2.24) is 10.1 Å². The van der Waals surface area contributed by atoms with Gasteiger partial charge in [-0.05, 0) is 38.3 Å². The van der Waals surface area contributed by atoms with Gasteiger partial charge in [-0.2, -0.15) is 0 Å². The van der Waals surface area contributed by atoms with Gasteiger partial charge in [-0.25, -0.2) is 0 Å². The quantitative estimate of drug-likeness (QED) is 0.819. The van der Waals surface area contributed by atoms with Crippen molar-refractivity contribution in [2.24, 2.45) is 0 Å². The summed E-state index contributed by atoms with van der Waals surface area (Å²) in [5.74, 6) is 0.588.